The number of ether oxygens (including phenoxy) is 1. The van der Waals surface area contributed by atoms with E-state index in [0.717, 1.165) is 16.0 Å². The van der Waals surface area contributed by atoms with Crippen molar-refractivity contribution in [2.45, 2.75) is 6.92 Å². The molecule has 0 bridgehead atoms. The van der Waals surface area contributed by atoms with Gasteiger partial charge in [-0.3, -0.25) is 4.79 Å². The first-order valence-corrected chi connectivity index (χ1v) is 8.51. The van der Waals surface area contributed by atoms with Crippen molar-refractivity contribution in [3.63, 3.8) is 0 Å². The molecular weight excluding hydrogens is 336 g/mol. The van der Waals surface area contributed by atoms with Crippen LogP contribution in [0.3, 0.4) is 0 Å². The highest BCUT2D eigenvalue weighted by Gasteiger charge is 2.13. The molecule has 25 heavy (non-hydrogen) atoms. The van der Waals surface area contributed by atoms with Gasteiger partial charge < -0.3 is 9.84 Å². The zero-order chi connectivity index (χ0) is 17.8. The van der Waals surface area contributed by atoms with Crippen LogP contribution in [0, 0.1) is 6.92 Å². The first-order valence-electron chi connectivity index (χ1n) is 7.69. The second-order valence-electron chi connectivity index (χ2n) is 5.53. The van der Waals surface area contributed by atoms with Gasteiger partial charge in [0, 0.05) is 4.88 Å². The summed E-state index contributed by atoms with van der Waals surface area (Å²) in [7, 11) is 0. The molecule has 0 unspecified atom stereocenters. The van der Waals surface area contributed by atoms with E-state index in [1.165, 1.54) is 11.3 Å². The number of hydrogen-bond acceptors (Lipinski definition) is 5. The van der Waals surface area contributed by atoms with Gasteiger partial charge in [-0.2, -0.15) is 0 Å². The minimum Gasteiger partial charge on any atom is -0.508 e. The lowest BCUT2D eigenvalue weighted by molar-refractivity contribution is 0.0476. The lowest BCUT2D eigenvalue weighted by atomic mass is 10.0. The van der Waals surface area contributed by atoms with E-state index in [9.17, 15) is 14.7 Å². The minimum absolute atomic E-state index is 0.202. The van der Waals surface area contributed by atoms with Gasteiger partial charge in [-0.1, -0.05) is 24.3 Å². The van der Waals surface area contributed by atoms with E-state index in [4.69, 9.17) is 4.74 Å². The highest BCUT2D eigenvalue weighted by atomic mass is 32.1. The SMILES string of the molecule is Cc1ccc(C(=O)COC(=O)c2ccc(-c3ccc(O)cc3)cc2)s1. The van der Waals surface area contributed by atoms with Gasteiger partial charge in [0.1, 0.15) is 5.75 Å². The molecule has 0 saturated carbocycles. The third kappa shape index (κ3) is 4.14. The van der Waals surface area contributed by atoms with Crippen molar-refractivity contribution < 1.29 is 19.4 Å². The zero-order valence-corrected chi connectivity index (χ0v) is 14.4. The Morgan fingerprint density at radius 2 is 1.52 bits per heavy atom. The molecule has 3 aromatic rings. The molecule has 0 spiro atoms. The molecule has 0 fully saturated rings. The van der Waals surface area contributed by atoms with Crippen LogP contribution in [0.1, 0.15) is 24.9 Å². The average Bonchev–Trinajstić information content (AvgIpc) is 3.07. The van der Waals surface area contributed by atoms with Gasteiger partial charge in [0.25, 0.3) is 0 Å². The molecule has 0 aliphatic carbocycles. The minimum atomic E-state index is -0.529. The van der Waals surface area contributed by atoms with Crippen LogP contribution in [0.4, 0.5) is 0 Å². The van der Waals surface area contributed by atoms with Crippen LogP contribution in [0.15, 0.2) is 60.7 Å². The third-order valence-electron chi connectivity index (χ3n) is 3.67. The number of ketones is 1. The summed E-state index contributed by atoms with van der Waals surface area (Å²) in [5.74, 6) is -0.527. The number of aryl methyl sites for hydroxylation is 1. The molecule has 5 heteroatoms. The normalized spacial score (nSPS) is 10.4. The molecule has 0 aliphatic heterocycles. The molecule has 0 saturated heterocycles. The van der Waals surface area contributed by atoms with E-state index in [2.05, 4.69) is 0 Å². The highest BCUT2D eigenvalue weighted by Crippen LogP contribution is 2.22. The molecule has 0 amide bonds. The number of hydrogen-bond donors (Lipinski definition) is 1. The summed E-state index contributed by atoms with van der Waals surface area (Å²) in [4.78, 5) is 25.7. The first-order chi connectivity index (χ1) is 12.0. The molecule has 1 heterocycles. The predicted octanol–water partition coefficient (Wildman–Crippen LogP) is 4.47. The van der Waals surface area contributed by atoms with Crippen LogP contribution in [-0.4, -0.2) is 23.5 Å². The van der Waals surface area contributed by atoms with E-state index >= 15 is 0 Å². The van der Waals surface area contributed by atoms with E-state index < -0.39 is 5.97 Å². The Bertz CT molecular complexity index is 892. The molecule has 0 radical (unpaired) electrons. The maximum atomic E-state index is 12.1. The third-order valence-corrected chi connectivity index (χ3v) is 4.71. The van der Waals surface area contributed by atoms with Crippen LogP contribution in [0.2, 0.25) is 0 Å². The van der Waals surface area contributed by atoms with Gasteiger partial charge in [-0.15, -0.1) is 11.3 Å². The number of thiophene rings is 1. The van der Waals surface area contributed by atoms with Crippen LogP contribution >= 0.6 is 11.3 Å². The molecular formula is C20H16O4S. The molecule has 1 N–H and O–H groups in total. The van der Waals surface area contributed by atoms with E-state index in [1.54, 1.807) is 54.6 Å². The molecule has 4 nitrogen and oxygen atoms in total. The standard InChI is InChI=1S/C20H16O4S/c1-13-2-11-19(25-13)18(22)12-24-20(23)16-5-3-14(4-6-16)15-7-9-17(21)10-8-15/h2-11,21H,12H2,1H3. The Hall–Kier alpha value is -2.92. The quantitative estimate of drug-likeness (QED) is 0.544. The molecule has 0 atom stereocenters. The maximum absolute atomic E-state index is 12.1. The number of carbonyl (C=O) groups excluding carboxylic acids is 2. The Labute approximate surface area is 149 Å². The number of aromatic hydroxyl groups is 1. The van der Waals surface area contributed by atoms with E-state index in [0.29, 0.717) is 10.4 Å². The largest absolute Gasteiger partial charge is 0.508 e. The van der Waals surface area contributed by atoms with E-state index in [-0.39, 0.29) is 18.1 Å². The summed E-state index contributed by atoms with van der Waals surface area (Å²) >= 11 is 1.39. The Morgan fingerprint density at radius 3 is 2.08 bits per heavy atom. The van der Waals surface area contributed by atoms with Crippen LogP contribution < -0.4 is 0 Å². The number of phenolic OH excluding ortho intramolecular Hbond substituents is 1. The van der Waals surface area contributed by atoms with Crippen molar-refractivity contribution in [3.05, 3.63) is 76.0 Å². The fourth-order valence-corrected chi connectivity index (χ4v) is 3.11. The Balaban J connectivity index is 1.62. The number of carbonyl (C=O) groups is 2. The fourth-order valence-electron chi connectivity index (χ4n) is 2.32. The Morgan fingerprint density at radius 1 is 0.920 bits per heavy atom. The van der Waals surface area contributed by atoms with Gasteiger partial charge in [0.15, 0.2) is 6.61 Å². The molecule has 2 aromatic carbocycles. The van der Waals surface area contributed by atoms with Gasteiger partial charge in [0.05, 0.1) is 10.4 Å². The summed E-state index contributed by atoms with van der Waals surface area (Å²) in [5.41, 5.74) is 2.24. The van der Waals surface area contributed by atoms with Crippen molar-refractivity contribution in [2.75, 3.05) is 6.61 Å². The van der Waals surface area contributed by atoms with Crippen LogP contribution in [0.5, 0.6) is 5.75 Å². The topological polar surface area (TPSA) is 63.6 Å². The molecule has 3 rings (SSSR count). The summed E-state index contributed by atoms with van der Waals surface area (Å²) in [6.07, 6.45) is 0. The van der Waals surface area contributed by atoms with Crippen molar-refractivity contribution >= 4 is 23.1 Å². The monoisotopic (exact) mass is 352 g/mol. The van der Waals surface area contributed by atoms with Crippen molar-refractivity contribution in [1.29, 1.82) is 0 Å². The van der Waals surface area contributed by atoms with Crippen LogP contribution in [-0.2, 0) is 4.74 Å². The van der Waals surface area contributed by atoms with Gasteiger partial charge in [0.2, 0.25) is 5.78 Å². The number of esters is 1. The van der Waals surface area contributed by atoms with Crippen molar-refractivity contribution in [3.8, 4) is 16.9 Å². The zero-order valence-electron chi connectivity index (χ0n) is 13.6. The second kappa shape index (κ2) is 7.32. The molecule has 126 valence electrons. The number of rotatable bonds is 5. The van der Waals surface area contributed by atoms with Gasteiger partial charge >= 0.3 is 5.97 Å². The summed E-state index contributed by atoms with van der Waals surface area (Å²) in [6, 6.07) is 17.3. The predicted molar refractivity (Wildman–Crippen MR) is 97.2 cm³/mol. The van der Waals surface area contributed by atoms with E-state index in [1.807, 2.05) is 13.0 Å². The summed E-state index contributed by atoms with van der Waals surface area (Å²) in [5, 5.41) is 9.32. The molecule has 1 aromatic heterocycles. The molecule has 0 aliphatic rings. The number of benzene rings is 2. The van der Waals surface area contributed by atoms with Crippen molar-refractivity contribution in [1.82, 2.24) is 0 Å². The number of Topliss-reactive ketones (excluding diaryl/α,β-unsaturated/α-hetero) is 1. The van der Waals surface area contributed by atoms with Gasteiger partial charge in [-0.05, 0) is 54.4 Å². The van der Waals surface area contributed by atoms with Crippen molar-refractivity contribution in [2.24, 2.45) is 0 Å². The van der Waals surface area contributed by atoms with Gasteiger partial charge in [-0.25, -0.2) is 4.79 Å². The summed E-state index contributed by atoms with van der Waals surface area (Å²) in [6.45, 7) is 1.65. The first kappa shape index (κ1) is 16.9. The highest BCUT2D eigenvalue weighted by molar-refractivity contribution is 7.14. The summed E-state index contributed by atoms with van der Waals surface area (Å²) < 4.78 is 5.10. The second-order valence-corrected chi connectivity index (χ2v) is 6.82. The Kier molecular flexibility index (Phi) is 4.95. The average molecular weight is 352 g/mol. The number of phenols is 1. The smallest absolute Gasteiger partial charge is 0.338 e. The maximum Gasteiger partial charge on any atom is 0.338 e. The fraction of sp³-hybridized carbons (Fsp3) is 0.100. The van der Waals surface area contributed by atoms with Crippen LogP contribution in [0.25, 0.3) is 11.1 Å². The lowest BCUT2D eigenvalue weighted by Crippen LogP contribution is -2.13. The lowest BCUT2D eigenvalue weighted by Gasteiger charge is -2.05.